The molecule has 8 nitrogen and oxygen atoms in total. The van der Waals surface area contributed by atoms with Gasteiger partial charge in [-0.2, -0.15) is 4.31 Å². The predicted octanol–water partition coefficient (Wildman–Crippen LogP) is 1.84. The molecule has 1 aromatic carbocycles. The summed E-state index contributed by atoms with van der Waals surface area (Å²) in [5.41, 5.74) is 1.06. The predicted molar refractivity (Wildman–Crippen MR) is 98.8 cm³/mol. The summed E-state index contributed by atoms with van der Waals surface area (Å²) in [4.78, 5) is 28.6. The molecule has 140 valence electrons. The highest BCUT2D eigenvalue weighted by Gasteiger charge is 2.36. The van der Waals surface area contributed by atoms with Crippen LogP contribution in [0.2, 0.25) is 0 Å². The second-order valence-electron chi connectivity index (χ2n) is 5.94. The largest absolute Gasteiger partial charge is 0.462 e. The lowest BCUT2D eigenvalue weighted by atomic mass is 10.2. The first-order chi connectivity index (χ1) is 12.3. The molecule has 2 heterocycles. The van der Waals surface area contributed by atoms with Gasteiger partial charge < -0.3 is 10.1 Å². The van der Waals surface area contributed by atoms with Gasteiger partial charge >= 0.3 is 5.97 Å². The van der Waals surface area contributed by atoms with Crippen molar-refractivity contribution in [3.63, 3.8) is 0 Å². The Kier molecular flexibility index (Phi) is 5.26. The van der Waals surface area contributed by atoms with E-state index in [1.807, 2.05) is 0 Å². The molecule has 1 amide bonds. The fourth-order valence-corrected chi connectivity index (χ4v) is 4.94. The summed E-state index contributed by atoms with van der Waals surface area (Å²) in [6.07, 6.45) is 2.23. The van der Waals surface area contributed by atoms with Crippen LogP contribution in [0.5, 0.6) is 0 Å². The van der Waals surface area contributed by atoms with Gasteiger partial charge in [-0.3, -0.25) is 4.79 Å². The maximum absolute atomic E-state index is 12.5. The molecule has 0 saturated carbocycles. The minimum atomic E-state index is -3.43. The van der Waals surface area contributed by atoms with E-state index in [-0.39, 0.29) is 0 Å². The summed E-state index contributed by atoms with van der Waals surface area (Å²) < 4.78 is 30.5. The maximum Gasteiger partial charge on any atom is 0.338 e. The zero-order valence-electron chi connectivity index (χ0n) is 14.4. The van der Waals surface area contributed by atoms with E-state index in [1.54, 1.807) is 25.1 Å². The lowest BCUT2D eigenvalue weighted by molar-refractivity contribution is -0.119. The van der Waals surface area contributed by atoms with Gasteiger partial charge in [-0.05, 0) is 38.0 Å². The molecule has 1 saturated heterocycles. The van der Waals surface area contributed by atoms with Crippen LogP contribution in [0.3, 0.4) is 0 Å². The van der Waals surface area contributed by atoms with Crippen molar-refractivity contribution in [1.82, 2.24) is 9.29 Å². The van der Waals surface area contributed by atoms with E-state index < -0.39 is 27.9 Å². The van der Waals surface area contributed by atoms with Crippen molar-refractivity contribution in [2.75, 3.05) is 24.7 Å². The van der Waals surface area contributed by atoms with Crippen molar-refractivity contribution >= 4 is 48.6 Å². The summed E-state index contributed by atoms with van der Waals surface area (Å²) in [5.74, 6) is -0.805. The van der Waals surface area contributed by atoms with Gasteiger partial charge in [0.15, 0.2) is 5.13 Å². The van der Waals surface area contributed by atoms with Crippen LogP contribution in [0.1, 0.15) is 30.1 Å². The third-order valence-electron chi connectivity index (χ3n) is 4.06. The molecule has 1 atom stereocenters. The number of carbonyl (C=O) groups is 2. The SMILES string of the molecule is CCOC(=O)c1ccc2nc(NC(=O)C3CCCN3S(C)(=O)=O)sc2c1. The molecule has 1 unspecified atom stereocenters. The number of ether oxygens (including phenoxy) is 1. The Bertz CT molecular complexity index is 954. The Morgan fingerprint density at radius 2 is 2.19 bits per heavy atom. The monoisotopic (exact) mass is 397 g/mol. The number of amides is 1. The van der Waals surface area contributed by atoms with Crippen LogP contribution < -0.4 is 5.32 Å². The Labute approximate surface area is 155 Å². The third kappa shape index (κ3) is 3.87. The molecule has 10 heteroatoms. The number of sulfonamides is 1. The number of fused-ring (bicyclic) bond motifs is 1. The first-order valence-corrected chi connectivity index (χ1v) is 10.8. The normalized spacial score (nSPS) is 18.2. The molecular weight excluding hydrogens is 378 g/mol. The van der Waals surface area contributed by atoms with Gasteiger partial charge in [0.2, 0.25) is 15.9 Å². The van der Waals surface area contributed by atoms with E-state index in [9.17, 15) is 18.0 Å². The molecule has 26 heavy (non-hydrogen) atoms. The average Bonchev–Trinajstić information content (AvgIpc) is 3.20. The van der Waals surface area contributed by atoms with Crippen molar-refractivity contribution < 1.29 is 22.7 Å². The zero-order chi connectivity index (χ0) is 18.9. The second kappa shape index (κ2) is 7.29. The Hall–Kier alpha value is -2.04. The lowest BCUT2D eigenvalue weighted by Crippen LogP contribution is -2.42. The number of benzene rings is 1. The number of carbonyl (C=O) groups excluding carboxylic acids is 2. The van der Waals surface area contributed by atoms with E-state index in [0.717, 1.165) is 11.0 Å². The second-order valence-corrected chi connectivity index (χ2v) is 8.91. The van der Waals surface area contributed by atoms with Crippen molar-refractivity contribution in [2.24, 2.45) is 0 Å². The minimum absolute atomic E-state index is 0.291. The highest BCUT2D eigenvalue weighted by molar-refractivity contribution is 7.88. The Morgan fingerprint density at radius 1 is 1.42 bits per heavy atom. The van der Waals surface area contributed by atoms with Crippen LogP contribution in [-0.4, -0.2) is 55.0 Å². The molecule has 1 N–H and O–H groups in total. The van der Waals surface area contributed by atoms with E-state index in [1.165, 1.54) is 15.6 Å². The van der Waals surface area contributed by atoms with Gasteiger partial charge in [-0.15, -0.1) is 0 Å². The number of hydrogen-bond donors (Lipinski definition) is 1. The lowest BCUT2D eigenvalue weighted by Gasteiger charge is -2.20. The van der Waals surface area contributed by atoms with E-state index in [2.05, 4.69) is 10.3 Å². The molecule has 2 aromatic rings. The number of thiazole rings is 1. The Balaban J connectivity index is 1.78. The van der Waals surface area contributed by atoms with E-state index in [0.29, 0.717) is 42.2 Å². The van der Waals surface area contributed by atoms with E-state index in [4.69, 9.17) is 4.74 Å². The summed E-state index contributed by atoms with van der Waals surface area (Å²) in [7, 11) is -3.43. The fourth-order valence-electron chi connectivity index (χ4n) is 2.91. The third-order valence-corrected chi connectivity index (χ3v) is 6.28. The maximum atomic E-state index is 12.5. The molecule has 1 aliphatic rings. The van der Waals surface area contributed by atoms with Gasteiger partial charge in [0.25, 0.3) is 0 Å². The Morgan fingerprint density at radius 3 is 2.88 bits per heavy atom. The fraction of sp³-hybridized carbons (Fsp3) is 0.438. The average molecular weight is 397 g/mol. The highest BCUT2D eigenvalue weighted by atomic mass is 32.2. The van der Waals surface area contributed by atoms with Crippen LogP contribution in [0.15, 0.2) is 18.2 Å². The number of aromatic nitrogens is 1. The van der Waals surface area contributed by atoms with Crippen LogP contribution in [-0.2, 0) is 19.6 Å². The van der Waals surface area contributed by atoms with Gasteiger partial charge in [0.1, 0.15) is 6.04 Å². The topological polar surface area (TPSA) is 106 Å². The van der Waals surface area contributed by atoms with Crippen LogP contribution in [0.4, 0.5) is 5.13 Å². The number of rotatable bonds is 5. The van der Waals surface area contributed by atoms with Crippen LogP contribution in [0, 0.1) is 0 Å². The van der Waals surface area contributed by atoms with E-state index >= 15 is 0 Å². The molecule has 0 aliphatic carbocycles. The molecule has 0 bridgehead atoms. The van der Waals surface area contributed by atoms with Crippen molar-refractivity contribution in [3.05, 3.63) is 23.8 Å². The van der Waals surface area contributed by atoms with Gasteiger partial charge in [-0.25, -0.2) is 18.2 Å². The number of anilines is 1. The molecule has 0 spiro atoms. The van der Waals surface area contributed by atoms with Gasteiger partial charge in [-0.1, -0.05) is 11.3 Å². The first-order valence-electron chi connectivity index (χ1n) is 8.15. The van der Waals surface area contributed by atoms with Gasteiger partial charge in [0.05, 0.1) is 28.6 Å². The van der Waals surface area contributed by atoms with Crippen molar-refractivity contribution in [2.45, 2.75) is 25.8 Å². The molecule has 1 aliphatic heterocycles. The molecule has 0 radical (unpaired) electrons. The van der Waals surface area contributed by atoms with Gasteiger partial charge in [0, 0.05) is 6.54 Å². The minimum Gasteiger partial charge on any atom is -0.462 e. The quantitative estimate of drug-likeness (QED) is 0.772. The smallest absolute Gasteiger partial charge is 0.338 e. The molecule has 1 fully saturated rings. The molecular formula is C16H19N3O5S2. The highest BCUT2D eigenvalue weighted by Crippen LogP contribution is 2.28. The van der Waals surface area contributed by atoms with Crippen LogP contribution in [0.25, 0.3) is 10.2 Å². The summed E-state index contributed by atoms with van der Waals surface area (Å²) >= 11 is 1.22. The van der Waals surface area contributed by atoms with Crippen molar-refractivity contribution in [1.29, 1.82) is 0 Å². The number of esters is 1. The number of nitrogens with zero attached hydrogens (tertiary/aromatic N) is 2. The van der Waals surface area contributed by atoms with Crippen molar-refractivity contribution in [3.8, 4) is 0 Å². The standard InChI is InChI=1S/C16H19N3O5S2/c1-3-24-15(21)10-6-7-11-13(9-10)25-16(17-11)18-14(20)12-5-4-8-19(12)26(2,22)23/h6-7,9,12H,3-5,8H2,1-2H3,(H,17,18,20). The zero-order valence-corrected chi connectivity index (χ0v) is 16.0. The van der Waals surface area contributed by atoms with Crippen LogP contribution >= 0.6 is 11.3 Å². The molecule has 1 aromatic heterocycles. The summed E-state index contributed by atoms with van der Waals surface area (Å²) in [6, 6.07) is 4.26. The summed E-state index contributed by atoms with van der Waals surface area (Å²) in [5, 5.41) is 3.06. The summed E-state index contributed by atoms with van der Waals surface area (Å²) in [6.45, 7) is 2.37. The number of nitrogens with one attached hydrogen (secondary N) is 1. The first kappa shape index (κ1) is 18.7. The molecule has 3 rings (SSSR count). The number of hydrogen-bond acceptors (Lipinski definition) is 7.